The van der Waals surface area contributed by atoms with Crippen molar-refractivity contribution in [2.24, 2.45) is 5.73 Å². The molecule has 11 heteroatoms. The van der Waals surface area contributed by atoms with Crippen molar-refractivity contribution >= 4 is 24.1 Å². The maximum atomic E-state index is 12.4. The van der Waals surface area contributed by atoms with Gasteiger partial charge in [0.25, 0.3) is 0 Å². The highest BCUT2D eigenvalue weighted by Gasteiger charge is 2.28. The van der Waals surface area contributed by atoms with E-state index in [9.17, 15) is 29.2 Å². The van der Waals surface area contributed by atoms with E-state index in [1.807, 2.05) is 0 Å². The van der Waals surface area contributed by atoms with Crippen LogP contribution in [0.1, 0.15) is 32.1 Å². The SMILES string of the molecule is N[C@H]1CCCCNC(=O)[C@H](CO)NC(=O)[C@@H](CCC[N+](=O)C=O)NC1=O. The average molecular weight is 372 g/mol. The average Bonchev–Trinajstić information content (AvgIpc) is 2.63. The molecule has 11 nitrogen and oxygen atoms in total. The van der Waals surface area contributed by atoms with Crippen LogP contribution in [0.2, 0.25) is 0 Å². The zero-order chi connectivity index (χ0) is 19.5. The Bertz CT molecular complexity index is 541. The molecule has 26 heavy (non-hydrogen) atoms. The van der Waals surface area contributed by atoms with Crippen molar-refractivity contribution in [1.82, 2.24) is 16.0 Å². The van der Waals surface area contributed by atoms with Crippen molar-refractivity contribution in [2.75, 3.05) is 19.7 Å². The quantitative estimate of drug-likeness (QED) is 0.249. The lowest BCUT2D eigenvalue weighted by Crippen LogP contribution is -2.56. The topological polar surface area (TPSA) is 171 Å². The Balaban J connectivity index is 2.86. The number of hydrogen-bond donors (Lipinski definition) is 5. The summed E-state index contributed by atoms with van der Waals surface area (Å²) in [5.41, 5.74) is 5.81. The Hall–Kier alpha value is -2.40. The lowest BCUT2D eigenvalue weighted by Gasteiger charge is -2.22. The van der Waals surface area contributed by atoms with E-state index in [1.165, 1.54) is 0 Å². The van der Waals surface area contributed by atoms with E-state index < -0.39 is 42.5 Å². The van der Waals surface area contributed by atoms with Crippen LogP contribution in [0.15, 0.2) is 0 Å². The molecule has 6 N–H and O–H groups in total. The molecule has 1 aliphatic heterocycles. The fraction of sp³-hybridized carbons (Fsp3) is 0.733. The normalized spacial score (nSPS) is 25.6. The number of nitrogens with one attached hydrogen (secondary N) is 3. The van der Waals surface area contributed by atoms with Gasteiger partial charge in [-0.2, -0.15) is 0 Å². The number of aliphatic hydroxyl groups excluding tert-OH is 1. The predicted octanol–water partition coefficient (Wildman–Crippen LogP) is -2.71. The van der Waals surface area contributed by atoms with Crippen molar-refractivity contribution in [3.05, 3.63) is 4.91 Å². The lowest BCUT2D eigenvalue weighted by atomic mass is 10.1. The summed E-state index contributed by atoms with van der Waals surface area (Å²) in [5, 5.41) is 16.8. The highest BCUT2D eigenvalue weighted by molar-refractivity contribution is 5.93. The summed E-state index contributed by atoms with van der Waals surface area (Å²) in [6.07, 6.45) is 1.94. The maximum absolute atomic E-state index is 12.4. The zero-order valence-electron chi connectivity index (χ0n) is 14.5. The first-order valence-electron chi connectivity index (χ1n) is 8.53. The monoisotopic (exact) mass is 372 g/mol. The van der Waals surface area contributed by atoms with E-state index in [0.717, 1.165) is 0 Å². The number of carbonyl (C=O) groups excluding carboxylic acids is 4. The van der Waals surface area contributed by atoms with Gasteiger partial charge in [0.1, 0.15) is 12.1 Å². The van der Waals surface area contributed by atoms with Crippen LogP contribution in [0.5, 0.6) is 0 Å². The van der Waals surface area contributed by atoms with Gasteiger partial charge in [0.05, 0.1) is 17.4 Å². The first-order valence-corrected chi connectivity index (χ1v) is 8.53. The minimum absolute atomic E-state index is 0.0661. The summed E-state index contributed by atoms with van der Waals surface area (Å²) >= 11 is 0. The van der Waals surface area contributed by atoms with Crippen molar-refractivity contribution < 1.29 is 29.0 Å². The molecule has 146 valence electrons. The third-order valence-corrected chi connectivity index (χ3v) is 4.02. The number of nitrogens with zero attached hydrogens (tertiary/aromatic N) is 1. The van der Waals surface area contributed by atoms with Crippen LogP contribution in [0.4, 0.5) is 0 Å². The Morgan fingerprint density at radius 2 is 1.81 bits per heavy atom. The Labute approximate surface area is 150 Å². The Morgan fingerprint density at radius 3 is 2.46 bits per heavy atom. The highest BCUT2D eigenvalue weighted by Crippen LogP contribution is 2.04. The minimum Gasteiger partial charge on any atom is -0.394 e. The highest BCUT2D eigenvalue weighted by atomic mass is 16.3. The second kappa shape index (κ2) is 11.3. The van der Waals surface area contributed by atoms with E-state index in [1.54, 1.807) is 0 Å². The molecule has 0 aromatic heterocycles. The van der Waals surface area contributed by atoms with Gasteiger partial charge in [0.2, 0.25) is 24.3 Å². The van der Waals surface area contributed by atoms with Crippen molar-refractivity contribution in [3.8, 4) is 0 Å². The number of aliphatic hydroxyl groups is 1. The Morgan fingerprint density at radius 1 is 1.12 bits per heavy atom. The maximum Gasteiger partial charge on any atom is 0.421 e. The first-order chi connectivity index (χ1) is 12.4. The molecule has 0 radical (unpaired) electrons. The van der Waals surface area contributed by atoms with Gasteiger partial charge in [-0.05, 0) is 25.7 Å². The van der Waals surface area contributed by atoms with Crippen LogP contribution >= 0.6 is 0 Å². The van der Waals surface area contributed by atoms with Crippen LogP contribution in [0.3, 0.4) is 0 Å². The van der Waals surface area contributed by atoms with Crippen LogP contribution in [-0.4, -0.2) is 71.8 Å². The smallest absolute Gasteiger partial charge is 0.394 e. The molecule has 0 aromatic carbocycles. The van der Waals surface area contributed by atoms with Gasteiger partial charge in [-0.1, -0.05) is 0 Å². The molecule has 0 unspecified atom stereocenters. The molecule has 0 spiro atoms. The molecular weight excluding hydrogens is 346 g/mol. The summed E-state index contributed by atoms with van der Waals surface area (Å²) < 4.78 is 0.176. The third kappa shape index (κ3) is 7.23. The Kier molecular flexibility index (Phi) is 9.37. The van der Waals surface area contributed by atoms with Crippen LogP contribution in [0.25, 0.3) is 0 Å². The third-order valence-electron chi connectivity index (χ3n) is 4.02. The van der Waals surface area contributed by atoms with Gasteiger partial charge in [0, 0.05) is 17.9 Å². The molecule has 1 aliphatic rings. The number of nitrogens with two attached hydrogens (primary N) is 1. The van der Waals surface area contributed by atoms with Gasteiger partial charge in [-0.15, -0.1) is 0 Å². The van der Waals surface area contributed by atoms with E-state index in [2.05, 4.69) is 16.0 Å². The van der Waals surface area contributed by atoms with Crippen molar-refractivity contribution in [1.29, 1.82) is 0 Å². The van der Waals surface area contributed by atoms with Crippen molar-refractivity contribution in [3.63, 3.8) is 0 Å². The van der Waals surface area contributed by atoms with E-state index in [-0.39, 0.29) is 30.6 Å². The summed E-state index contributed by atoms with van der Waals surface area (Å²) in [4.78, 5) is 57.9. The number of amides is 4. The van der Waals surface area contributed by atoms with E-state index >= 15 is 0 Å². The second-order valence-corrected chi connectivity index (χ2v) is 6.09. The molecule has 1 fully saturated rings. The summed E-state index contributed by atoms with van der Waals surface area (Å²) in [7, 11) is 0. The number of rotatable bonds is 6. The fourth-order valence-electron chi connectivity index (χ4n) is 2.47. The molecule has 1 heterocycles. The molecule has 0 aromatic rings. The molecule has 1 rings (SSSR count). The van der Waals surface area contributed by atoms with Crippen LogP contribution in [0, 0.1) is 4.91 Å². The van der Waals surface area contributed by atoms with Gasteiger partial charge in [-0.25, -0.2) is 4.79 Å². The summed E-state index contributed by atoms with van der Waals surface area (Å²) in [6.45, 7) is -0.398. The molecule has 0 saturated carbocycles. The predicted molar refractivity (Wildman–Crippen MR) is 89.6 cm³/mol. The second-order valence-electron chi connectivity index (χ2n) is 6.09. The molecule has 3 atom stereocenters. The lowest BCUT2D eigenvalue weighted by molar-refractivity contribution is -0.454. The number of nitroso groups, excluding NO2 is 1. The van der Waals surface area contributed by atoms with Gasteiger partial charge >= 0.3 is 6.41 Å². The van der Waals surface area contributed by atoms with Gasteiger partial charge in [-0.3, -0.25) is 14.4 Å². The van der Waals surface area contributed by atoms with E-state index in [0.29, 0.717) is 25.8 Å². The largest absolute Gasteiger partial charge is 0.421 e. The van der Waals surface area contributed by atoms with E-state index in [4.69, 9.17) is 5.73 Å². The zero-order valence-corrected chi connectivity index (χ0v) is 14.5. The van der Waals surface area contributed by atoms with Crippen LogP contribution < -0.4 is 21.7 Å². The van der Waals surface area contributed by atoms with Gasteiger partial charge in [0.15, 0.2) is 0 Å². The van der Waals surface area contributed by atoms with Crippen LogP contribution in [-0.2, 0) is 19.2 Å². The number of hydrogen-bond acceptors (Lipinski definition) is 7. The van der Waals surface area contributed by atoms with Crippen molar-refractivity contribution in [2.45, 2.75) is 50.2 Å². The standard InChI is InChI=1S/C15H25N5O6/c16-10-4-1-2-6-17-14(24)12(8-21)19-15(25)11(18-13(10)23)5-3-7-20(26)9-22/h9-12,21H,1-8,16H2,(H2-,17,18,19,23,24,25)/p+1/t10-,11+,12-/m0/s1. The summed E-state index contributed by atoms with van der Waals surface area (Å²) in [6, 6.07) is -3.00. The molecule has 0 aliphatic carbocycles. The molecule has 0 bridgehead atoms. The minimum atomic E-state index is -1.15. The fourth-order valence-corrected chi connectivity index (χ4v) is 2.47. The summed E-state index contributed by atoms with van der Waals surface area (Å²) in [5.74, 6) is -1.72. The molecule has 4 amide bonds. The number of carbonyl (C=O) groups is 4. The molecular formula is C15H26N5O6+. The van der Waals surface area contributed by atoms with Gasteiger partial charge < -0.3 is 26.8 Å². The molecule has 1 saturated heterocycles. The first kappa shape index (κ1) is 21.6.